The van der Waals surface area contributed by atoms with Gasteiger partial charge in [-0.3, -0.25) is 0 Å². The van der Waals surface area contributed by atoms with Crippen LogP contribution in [-0.4, -0.2) is 14.1 Å². The van der Waals surface area contributed by atoms with E-state index in [0.717, 1.165) is 112 Å². The van der Waals surface area contributed by atoms with Crippen molar-refractivity contribution in [3.63, 3.8) is 0 Å². The first-order valence-corrected chi connectivity index (χ1v) is 47.0. The summed E-state index contributed by atoms with van der Waals surface area (Å²) < 4.78 is 11.2. The Labute approximate surface area is 801 Å². The van der Waals surface area contributed by atoms with Crippen LogP contribution in [0.1, 0.15) is 0 Å². The van der Waals surface area contributed by atoms with Gasteiger partial charge < -0.3 is 28.3 Å². The molecule has 7 heteroatoms. The van der Waals surface area contributed by atoms with Gasteiger partial charge in [0.1, 0.15) is 5.52 Å². The van der Waals surface area contributed by atoms with Gasteiger partial charge in [-0.1, -0.05) is 358 Å². The topological polar surface area (TPSA) is 45.6 Å². The van der Waals surface area contributed by atoms with Gasteiger partial charge in [0, 0.05) is 95.1 Å². The van der Waals surface area contributed by atoms with Crippen molar-refractivity contribution in [1.29, 1.82) is 0 Å². The second-order valence-corrected chi connectivity index (χ2v) is 34.9. The number of oxazole rings is 1. The SMILES string of the molecule is c1ccc(-c2ccc(N(c3ccc(-c4ccccc4)cc3)c3ccc(-c4ccc5ccc6ccc7nc(-c8ccccc8)oc7c6c5c4)cc3)cc2)cc1.c1ccc(N(c2ccc(-c3ccc4ccccc4c3)cc2)c2ccc(-n3c4ccccc4c4ccccc43)cc2)cc1.c1ccc(N(c2ccc(-c3cccc4ccccc34)cc2)c2ccc(-n3c4ccccc4c4ccccc43)cc2)cc1. The average molecular weight is 1760 g/mol. The molecular formula is C131H90N6O. The fourth-order valence-electron chi connectivity index (χ4n) is 19.9. The summed E-state index contributed by atoms with van der Waals surface area (Å²) in [4.78, 5) is 11.8. The molecule has 0 radical (unpaired) electrons. The molecule has 0 aliphatic rings. The Morgan fingerprint density at radius 3 is 0.891 bits per heavy atom. The van der Waals surface area contributed by atoms with E-state index in [-0.39, 0.29) is 0 Å². The number of hydrogen-bond acceptors (Lipinski definition) is 5. The zero-order valence-electron chi connectivity index (χ0n) is 75.6. The second-order valence-electron chi connectivity index (χ2n) is 34.9. The molecule has 0 unspecified atom stereocenters. The zero-order valence-corrected chi connectivity index (χ0v) is 75.6. The maximum absolute atomic E-state index is 6.50. The molecule has 3 aromatic heterocycles. The molecule has 3 heterocycles. The highest BCUT2D eigenvalue weighted by atomic mass is 16.3. The van der Waals surface area contributed by atoms with Crippen molar-refractivity contribution in [2.45, 2.75) is 0 Å². The molecule has 0 N–H and O–H groups in total. The molecule has 0 atom stereocenters. The Bertz CT molecular complexity index is 8670. The highest BCUT2D eigenvalue weighted by molar-refractivity contribution is 6.19. The van der Waals surface area contributed by atoms with Crippen molar-refractivity contribution >= 4 is 149 Å². The van der Waals surface area contributed by atoms with Crippen LogP contribution in [0.4, 0.5) is 51.2 Å². The fourth-order valence-corrected chi connectivity index (χ4v) is 19.9. The van der Waals surface area contributed by atoms with E-state index in [9.17, 15) is 0 Å². The number of benzene rings is 23. The first-order chi connectivity index (χ1) is 68.4. The molecule has 7 nitrogen and oxygen atoms in total. The minimum absolute atomic E-state index is 0.635. The van der Waals surface area contributed by atoms with Crippen molar-refractivity contribution in [3.8, 4) is 78.5 Å². The number of para-hydroxylation sites is 6. The molecule has 0 fully saturated rings. The van der Waals surface area contributed by atoms with Gasteiger partial charge in [0.15, 0.2) is 5.58 Å². The van der Waals surface area contributed by atoms with Gasteiger partial charge in [0.05, 0.1) is 22.1 Å². The van der Waals surface area contributed by atoms with Crippen molar-refractivity contribution in [2.24, 2.45) is 0 Å². The van der Waals surface area contributed by atoms with E-state index in [1.54, 1.807) is 0 Å². The number of fused-ring (bicyclic) bond motifs is 13. The largest absolute Gasteiger partial charge is 0.435 e. The lowest BCUT2D eigenvalue weighted by molar-refractivity contribution is 0.623. The third-order valence-corrected chi connectivity index (χ3v) is 26.7. The predicted molar refractivity (Wildman–Crippen MR) is 582 cm³/mol. The monoisotopic (exact) mass is 1760 g/mol. The first kappa shape index (κ1) is 82.7. The summed E-state index contributed by atoms with van der Waals surface area (Å²) >= 11 is 0. The number of nitrogens with zero attached hydrogens (tertiary/aromatic N) is 6. The van der Waals surface area contributed by atoms with Gasteiger partial charge in [-0.25, -0.2) is 4.98 Å². The minimum atomic E-state index is 0.635. The van der Waals surface area contributed by atoms with Crippen molar-refractivity contribution in [1.82, 2.24) is 14.1 Å². The van der Waals surface area contributed by atoms with Crippen LogP contribution in [0, 0.1) is 0 Å². The normalized spacial score (nSPS) is 11.3. The molecule has 650 valence electrons. The van der Waals surface area contributed by atoms with E-state index >= 15 is 0 Å². The Morgan fingerprint density at radius 1 is 0.174 bits per heavy atom. The molecule has 0 spiro atoms. The van der Waals surface area contributed by atoms with Gasteiger partial charge in [-0.2, -0.15) is 0 Å². The fraction of sp³-hybridized carbons (Fsp3) is 0. The maximum Gasteiger partial charge on any atom is 0.227 e. The number of hydrogen-bond donors (Lipinski definition) is 0. The molecule has 0 aliphatic carbocycles. The Morgan fingerprint density at radius 2 is 0.457 bits per heavy atom. The van der Waals surface area contributed by atoms with Crippen molar-refractivity contribution in [3.05, 3.63) is 546 Å². The van der Waals surface area contributed by atoms with Gasteiger partial charge in [-0.15, -0.1) is 0 Å². The van der Waals surface area contributed by atoms with E-state index in [1.807, 2.05) is 30.3 Å². The molecule has 0 aliphatic heterocycles. The van der Waals surface area contributed by atoms with Crippen LogP contribution >= 0.6 is 0 Å². The molecule has 23 aromatic carbocycles. The summed E-state index contributed by atoms with van der Waals surface area (Å²) in [6, 6.07) is 195. The Kier molecular flexibility index (Phi) is 21.9. The lowest BCUT2D eigenvalue weighted by atomic mass is 9.96. The maximum atomic E-state index is 6.50. The van der Waals surface area contributed by atoms with E-state index in [0.29, 0.717) is 5.89 Å². The van der Waals surface area contributed by atoms with E-state index in [4.69, 9.17) is 9.40 Å². The molecule has 0 saturated heterocycles. The van der Waals surface area contributed by atoms with E-state index < -0.39 is 0 Å². The van der Waals surface area contributed by atoms with Crippen LogP contribution in [0.15, 0.2) is 550 Å². The highest BCUT2D eigenvalue weighted by Crippen LogP contribution is 2.46. The summed E-state index contributed by atoms with van der Waals surface area (Å²) in [5.41, 5.74) is 31.8. The first-order valence-electron chi connectivity index (χ1n) is 47.0. The summed E-state index contributed by atoms with van der Waals surface area (Å²) in [5, 5.41) is 14.7. The molecule has 0 amide bonds. The van der Waals surface area contributed by atoms with Crippen molar-refractivity contribution < 1.29 is 4.42 Å². The number of aromatic nitrogens is 3. The van der Waals surface area contributed by atoms with Crippen LogP contribution in [-0.2, 0) is 0 Å². The van der Waals surface area contributed by atoms with Gasteiger partial charge >= 0.3 is 0 Å². The summed E-state index contributed by atoms with van der Waals surface area (Å²) in [7, 11) is 0. The van der Waals surface area contributed by atoms with Crippen LogP contribution in [0.2, 0.25) is 0 Å². The molecule has 0 bridgehead atoms. The van der Waals surface area contributed by atoms with Gasteiger partial charge in [0.25, 0.3) is 0 Å². The summed E-state index contributed by atoms with van der Waals surface area (Å²) in [6.07, 6.45) is 0. The summed E-state index contributed by atoms with van der Waals surface area (Å²) in [5.74, 6) is 0.635. The molecular weight excluding hydrogens is 1670 g/mol. The number of rotatable bonds is 17. The lowest BCUT2D eigenvalue weighted by Crippen LogP contribution is -2.10. The van der Waals surface area contributed by atoms with Crippen LogP contribution < -0.4 is 14.7 Å². The highest BCUT2D eigenvalue weighted by Gasteiger charge is 2.23. The lowest BCUT2D eigenvalue weighted by Gasteiger charge is -2.26. The summed E-state index contributed by atoms with van der Waals surface area (Å²) in [6.45, 7) is 0. The molecule has 26 aromatic rings. The van der Waals surface area contributed by atoms with E-state index in [2.05, 4.69) is 539 Å². The molecule has 26 rings (SSSR count). The van der Waals surface area contributed by atoms with Crippen LogP contribution in [0.5, 0.6) is 0 Å². The third-order valence-electron chi connectivity index (χ3n) is 26.7. The molecule has 138 heavy (non-hydrogen) atoms. The average Bonchev–Trinajstić information content (AvgIpc) is 1.61. The Balaban J connectivity index is 0.000000114. The quantitative estimate of drug-likeness (QED) is 0.0850. The number of anilines is 9. The van der Waals surface area contributed by atoms with Gasteiger partial charge in [-0.05, 0) is 281 Å². The standard InChI is InChI=1S/C51H34N2O.2C40H28N2/c1-4-10-35(11-5-1)37-20-27-44(28-21-37)53(45-29-22-38(23-30-45)36-12-6-2-7-13-36)46-31-24-39(25-32-46)43-19-17-40-16-18-41-26-33-48-50(49(41)47(40)34-43)54-51(52-48)42-14-8-3-9-15-42;1-2-13-31(14-3-1)41(32-23-21-30(22-24-32)36-18-10-12-29-11-4-5-15-35(29)36)33-25-27-34(28-26-33)42-39-19-8-6-16-37(39)38-17-7-9-20-40(38)42;1-2-12-33(13-3-1)41(34-22-20-30(21-23-34)32-19-18-29-10-4-5-11-31(29)28-32)35-24-26-36(27-25-35)42-39-16-8-6-14-37(39)38-15-7-9-17-40(38)42/h1-34H;2*1-28H. The minimum Gasteiger partial charge on any atom is -0.435 e. The third kappa shape index (κ3) is 16.0. The van der Waals surface area contributed by atoms with E-state index in [1.165, 1.54) is 110 Å². The second kappa shape index (κ2) is 36.6. The zero-order chi connectivity index (χ0) is 91.6. The van der Waals surface area contributed by atoms with Crippen molar-refractivity contribution in [2.75, 3.05) is 14.7 Å². The smallest absolute Gasteiger partial charge is 0.227 e. The molecule has 0 saturated carbocycles. The Hall–Kier alpha value is -18.4. The van der Waals surface area contributed by atoms with Gasteiger partial charge in [0.2, 0.25) is 5.89 Å². The predicted octanol–water partition coefficient (Wildman–Crippen LogP) is 36.4. The van der Waals surface area contributed by atoms with Crippen LogP contribution in [0.3, 0.4) is 0 Å². The van der Waals surface area contributed by atoms with Crippen LogP contribution in [0.25, 0.3) is 176 Å².